The van der Waals surface area contributed by atoms with Crippen molar-refractivity contribution >= 4 is 52.0 Å². The first-order chi connectivity index (χ1) is 16.5. The summed E-state index contributed by atoms with van der Waals surface area (Å²) < 4.78 is 5.62. The summed E-state index contributed by atoms with van der Waals surface area (Å²) in [7, 11) is 0. The average molecular weight is 513 g/mol. The average Bonchev–Trinajstić information content (AvgIpc) is 2.86. The van der Waals surface area contributed by atoms with Gasteiger partial charge in [0.15, 0.2) is 6.61 Å². The fourth-order valence-electron chi connectivity index (χ4n) is 4.08. The zero-order valence-corrected chi connectivity index (χ0v) is 21.0. The minimum atomic E-state index is -0.281. The first-order valence-corrected chi connectivity index (χ1v) is 12.5. The van der Waals surface area contributed by atoms with E-state index < -0.39 is 0 Å². The number of nitrogens with one attached hydrogen (secondary N) is 1. The molecule has 0 unspecified atom stereocenters. The molecule has 1 aliphatic rings. The van der Waals surface area contributed by atoms with E-state index in [9.17, 15) is 4.79 Å². The molecule has 4 nitrogen and oxygen atoms in total. The van der Waals surface area contributed by atoms with Gasteiger partial charge in [0.05, 0.1) is 10.0 Å². The summed E-state index contributed by atoms with van der Waals surface area (Å²) in [5.41, 5.74) is 2.96. The lowest BCUT2D eigenvalue weighted by Gasteiger charge is -2.34. The van der Waals surface area contributed by atoms with E-state index in [0.29, 0.717) is 27.4 Å². The van der Waals surface area contributed by atoms with E-state index in [1.54, 1.807) is 18.2 Å². The molecule has 0 saturated carbocycles. The molecule has 0 atom stereocenters. The second kappa shape index (κ2) is 11.7. The molecular weight excluding hydrogens is 487 g/mol. The number of nitrogens with zero attached hydrogens (tertiary/aromatic N) is 1. The number of hydrogen-bond acceptors (Lipinski definition) is 3. The summed E-state index contributed by atoms with van der Waals surface area (Å²) in [5.74, 6) is 1.03. The quantitative estimate of drug-likeness (QED) is 0.360. The third-order valence-corrected chi connectivity index (χ3v) is 7.18. The van der Waals surface area contributed by atoms with Crippen molar-refractivity contribution in [3.63, 3.8) is 0 Å². The highest BCUT2D eigenvalue weighted by Crippen LogP contribution is 2.26. The number of thiocarbonyl (C=S) groups is 1. The smallest absolute Gasteiger partial charge is 0.262 e. The van der Waals surface area contributed by atoms with Crippen LogP contribution >= 0.6 is 35.4 Å². The molecule has 1 fully saturated rings. The number of carbonyl (C=O) groups is 1. The minimum Gasteiger partial charge on any atom is -0.484 e. The van der Waals surface area contributed by atoms with Crippen LogP contribution in [0.5, 0.6) is 5.75 Å². The Morgan fingerprint density at radius 2 is 1.68 bits per heavy atom. The molecule has 3 aromatic rings. The summed E-state index contributed by atoms with van der Waals surface area (Å²) in [6, 6.07) is 23.2. The van der Waals surface area contributed by atoms with Gasteiger partial charge in [0, 0.05) is 24.3 Å². The van der Waals surface area contributed by atoms with Gasteiger partial charge in [-0.25, -0.2) is 0 Å². The molecule has 1 aliphatic heterocycles. The molecule has 0 bridgehead atoms. The number of ether oxygens (including phenoxy) is 1. The van der Waals surface area contributed by atoms with Gasteiger partial charge in [-0.2, -0.15) is 0 Å². The molecule has 176 valence electrons. The topological polar surface area (TPSA) is 41.6 Å². The van der Waals surface area contributed by atoms with E-state index in [1.165, 1.54) is 5.56 Å². The predicted octanol–water partition coefficient (Wildman–Crippen LogP) is 6.64. The Bertz CT molecular complexity index is 1130. The Balaban J connectivity index is 1.23. The highest BCUT2D eigenvalue weighted by molar-refractivity contribution is 7.80. The Morgan fingerprint density at radius 1 is 0.971 bits per heavy atom. The molecule has 4 rings (SSSR count). The number of anilines is 1. The third-order valence-electron chi connectivity index (χ3n) is 5.94. The second-order valence-electron chi connectivity index (χ2n) is 8.42. The molecule has 0 aromatic heterocycles. The zero-order valence-electron chi connectivity index (χ0n) is 18.7. The highest BCUT2D eigenvalue weighted by atomic mass is 35.5. The molecule has 0 spiro atoms. The molecule has 1 N–H and O–H groups in total. The maximum absolute atomic E-state index is 12.2. The van der Waals surface area contributed by atoms with Crippen molar-refractivity contribution in [2.24, 2.45) is 5.92 Å². The van der Waals surface area contributed by atoms with Crippen molar-refractivity contribution in [2.75, 3.05) is 25.0 Å². The Morgan fingerprint density at radius 3 is 2.35 bits per heavy atom. The third kappa shape index (κ3) is 6.72. The van der Waals surface area contributed by atoms with Crippen LogP contribution in [-0.4, -0.2) is 35.5 Å². The summed E-state index contributed by atoms with van der Waals surface area (Å²) in [6.45, 7) is 1.84. The first-order valence-electron chi connectivity index (χ1n) is 11.3. The minimum absolute atomic E-state index is 0.112. The van der Waals surface area contributed by atoms with Crippen molar-refractivity contribution in [3.05, 3.63) is 94.0 Å². The van der Waals surface area contributed by atoms with Gasteiger partial charge in [-0.3, -0.25) is 4.79 Å². The monoisotopic (exact) mass is 512 g/mol. The van der Waals surface area contributed by atoms with Gasteiger partial charge in [-0.15, -0.1) is 0 Å². The van der Waals surface area contributed by atoms with E-state index in [2.05, 4.69) is 40.5 Å². The van der Waals surface area contributed by atoms with Crippen molar-refractivity contribution in [2.45, 2.75) is 19.3 Å². The van der Waals surface area contributed by atoms with Crippen LogP contribution in [0.15, 0.2) is 72.8 Å². The van der Waals surface area contributed by atoms with Crippen LogP contribution in [0.3, 0.4) is 0 Å². The zero-order chi connectivity index (χ0) is 23.9. The fourth-order valence-corrected chi connectivity index (χ4v) is 4.70. The number of amides is 1. The molecule has 1 heterocycles. The first kappa shape index (κ1) is 24.5. The van der Waals surface area contributed by atoms with Crippen molar-refractivity contribution < 1.29 is 9.53 Å². The van der Waals surface area contributed by atoms with Gasteiger partial charge in [-0.05, 0) is 73.2 Å². The number of carbonyl (C=O) groups excluding carboxylic acids is 1. The fraction of sp³-hybridized carbons (Fsp3) is 0.259. The molecule has 0 aliphatic carbocycles. The van der Waals surface area contributed by atoms with Gasteiger partial charge in [0.1, 0.15) is 10.7 Å². The lowest BCUT2D eigenvalue weighted by Crippen LogP contribution is -2.38. The van der Waals surface area contributed by atoms with Crippen LogP contribution in [0, 0.1) is 5.92 Å². The number of likely N-dealkylation sites (tertiary alicyclic amines) is 1. The molecule has 7 heteroatoms. The molecule has 0 radical (unpaired) electrons. The van der Waals surface area contributed by atoms with E-state index >= 15 is 0 Å². The highest BCUT2D eigenvalue weighted by Gasteiger charge is 2.21. The van der Waals surface area contributed by atoms with Crippen LogP contribution in [0.1, 0.15) is 24.0 Å². The maximum atomic E-state index is 12.2. The number of piperidine rings is 1. The Hall–Kier alpha value is -2.60. The number of benzene rings is 3. The van der Waals surface area contributed by atoms with Gasteiger partial charge >= 0.3 is 0 Å². The van der Waals surface area contributed by atoms with E-state index in [0.717, 1.165) is 42.9 Å². The number of halogens is 2. The van der Waals surface area contributed by atoms with E-state index in [4.69, 9.17) is 40.2 Å². The van der Waals surface area contributed by atoms with Crippen molar-refractivity contribution in [1.82, 2.24) is 4.90 Å². The number of hydrogen-bond donors (Lipinski definition) is 1. The Kier molecular flexibility index (Phi) is 8.44. The van der Waals surface area contributed by atoms with Gasteiger partial charge in [0.25, 0.3) is 5.91 Å². The lowest BCUT2D eigenvalue weighted by molar-refractivity contribution is -0.118. The van der Waals surface area contributed by atoms with Gasteiger partial charge in [0.2, 0.25) is 0 Å². The van der Waals surface area contributed by atoms with Crippen LogP contribution in [0.25, 0.3) is 0 Å². The normalized spacial score (nSPS) is 14.0. The summed E-state index contributed by atoms with van der Waals surface area (Å²) in [4.78, 5) is 15.3. The molecule has 34 heavy (non-hydrogen) atoms. The van der Waals surface area contributed by atoms with Gasteiger partial charge in [-0.1, -0.05) is 65.8 Å². The predicted molar refractivity (Wildman–Crippen MR) is 143 cm³/mol. The van der Waals surface area contributed by atoms with Gasteiger partial charge < -0.3 is 15.0 Å². The SMILES string of the molecule is O=C(COc1ccc(C(=S)N2CCC(Cc3ccccc3)CC2)cc1)Nc1ccc(Cl)c(Cl)c1. The molecular formula is C27H26Cl2N2O2S. The summed E-state index contributed by atoms with van der Waals surface area (Å²) in [6.07, 6.45) is 3.42. The Labute approximate surface area is 215 Å². The van der Waals surface area contributed by atoms with Crippen LogP contribution < -0.4 is 10.1 Å². The molecule has 1 saturated heterocycles. The van der Waals surface area contributed by atoms with Crippen LogP contribution in [0.2, 0.25) is 10.0 Å². The summed E-state index contributed by atoms with van der Waals surface area (Å²) in [5, 5.41) is 3.55. The van der Waals surface area contributed by atoms with Crippen molar-refractivity contribution in [1.29, 1.82) is 0 Å². The molecule has 1 amide bonds. The van der Waals surface area contributed by atoms with Crippen molar-refractivity contribution in [3.8, 4) is 5.75 Å². The summed E-state index contributed by atoms with van der Waals surface area (Å²) >= 11 is 17.6. The lowest BCUT2D eigenvalue weighted by atomic mass is 9.90. The van der Waals surface area contributed by atoms with Crippen LogP contribution in [-0.2, 0) is 11.2 Å². The standard InChI is InChI=1S/C27H26Cl2N2O2S/c28-24-11-8-22(17-25(24)29)30-26(32)18-33-23-9-6-21(7-10-23)27(34)31-14-12-20(13-15-31)16-19-4-2-1-3-5-19/h1-11,17,20H,12-16,18H2,(H,30,32). The van der Waals surface area contributed by atoms with Crippen LogP contribution in [0.4, 0.5) is 5.69 Å². The second-order valence-corrected chi connectivity index (χ2v) is 9.62. The molecule has 3 aromatic carbocycles. The largest absolute Gasteiger partial charge is 0.484 e. The maximum Gasteiger partial charge on any atom is 0.262 e. The number of rotatable bonds is 7. The van der Waals surface area contributed by atoms with E-state index in [-0.39, 0.29) is 12.5 Å². The van der Waals surface area contributed by atoms with E-state index in [1.807, 2.05) is 24.3 Å².